The minimum Gasteiger partial charge on any atom is -0.397 e. The number of fused-ring (bicyclic) bond motifs is 1. The molecule has 0 saturated carbocycles. The summed E-state index contributed by atoms with van der Waals surface area (Å²) in [6.07, 6.45) is 1.64. The number of nitrogens with two attached hydrogens (primary N) is 1. The summed E-state index contributed by atoms with van der Waals surface area (Å²) in [5.74, 6) is -0.257. The van der Waals surface area contributed by atoms with Crippen molar-refractivity contribution in [3.8, 4) is 11.1 Å². The summed E-state index contributed by atoms with van der Waals surface area (Å²) in [6, 6.07) is 26.3. The molecule has 5 aromatic rings. The van der Waals surface area contributed by atoms with Crippen molar-refractivity contribution in [2.24, 2.45) is 0 Å². The Morgan fingerprint density at radius 1 is 0.939 bits per heavy atom. The van der Waals surface area contributed by atoms with E-state index in [1.807, 2.05) is 60.7 Å². The molecule has 4 N–H and O–H groups in total. The molecule has 1 amide bonds. The lowest BCUT2D eigenvalue weighted by Gasteiger charge is -2.11. The Labute approximate surface area is 189 Å². The van der Waals surface area contributed by atoms with E-state index in [0.717, 1.165) is 22.2 Å². The minimum absolute atomic E-state index is 0.223. The summed E-state index contributed by atoms with van der Waals surface area (Å²) in [5, 5.41) is 2.90. The molecule has 0 unspecified atom stereocenters. The molecule has 0 radical (unpaired) electrons. The number of hydrogen-bond acceptors (Lipinski definition) is 4. The third kappa shape index (κ3) is 4.12. The van der Waals surface area contributed by atoms with Gasteiger partial charge in [-0.3, -0.25) is 14.3 Å². The molecule has 0 aliphatic carbocycles. The maximum absolute atomic E-state index is 12.8. The van der Waals surface area contributed by atoms with E-state index in [2.05, 4.69) is 15.3 Å². The monoisotopic (exact) mass is 435 g/mol. The zero-order valence-corrected chi connectivity index (χ0v) is 17.7. The number of aromatic amines is 1. The third-order valence-corrected chi connectivity index (χ3v) is 5.51. The van der Waals surface area contributed by atoms with Crippen LogP contribution in [0.3, 0.4) is 0 Å². The van der Waals surface area contributed by atoms with Crippen LogP contribution in [0.5, 0.6) is 0 Å². The zero-order chi connectivity index (χ0) is 22.8. The molecule has 2 aromatic heterocycles. The lowest BCUT2D eigenvalue weighted by molar-refractivity contribution is 0.102. The number of rotatable bonds is 5. The average Bonchev–Trinajstić information content (AvgIpc) is 3.16. The number of H-pyrrole nitrogens is 1. The number of nitrogen functional groups attached to an aromatic ring is 1. The van der Waals surface area contributed by atoms with Gasteiger partial charge in [-0.15, -0.1) is 0 Å². The van der Waals surface area contributed by atoms with Gasteiger partial charge in [-0.05, 0) is 53.1 Å². The number of aromatic nitrogens is 3. The first-order valence-electron chi connectivity index (χ1n) is 10.5. The quantitative estimate of drug-likeness (QED) is 0.358. The largest absolute Gasteiger partial charge is 0.397 e. The summed E-state index contributed by atoms with van der Waals surface area (Å²) >= 11 is 0. The second-order valence-corrected chi connectivity index (χ2v) is 7.71. The van der Waals surface area contributed by atoms with Crippen LogP contribution in [0, 0.1) is 0 Å². The summed E-state index contributed by atoms with van der Waals surface area (Å²) in [6.45, 7) is 0.374. The van der Waals surface area contributed by atoms with Crippen molar-refractivity contribution in [2.45, 2.75) is 6.54 Å². The van der Waals surface area contributed by atoms with E-state index in [-0.39, 0.29) is 11.6 Å². The Bertz CT molecular complexity index is 1500. The fraction of sp³-hybridized carbons (Fsp3) is 0.0385. The lowest BCUT2D eigenvalue weighted by Crippen LogP contribution is -2.17. The fourth-order valence-electron chi connectivity index (χ4n) is 3.76. The van der Waals surface area contributed by atoms with Gasteiger partial charge in [0, 0.05) is 11.8 Å². The summed E-state index contributed by atoms with van der Waals surface area (Å²) in [4.78, 5) is 32.0. The van der Waals surface area contributed by atoms with Gasteiger partial charge in [0.25, 0.3) is 5.91 Å². The normalized spacial score (nSPS) is 10.9. The predicted octanol–water partition coefficient (Wildman–Crippen LogP) is 4.27. The number of carbonyl (C=O) groups excluding carboxylic acids is 1. The second kappa shape index (κ2) is 8.47. The number of pyridine rings is 1. The Morgan fingerprint density at radius 2 is 1.73 bits per heavy atom. The van der Waals surface area contributed by atoms with E-state index < -0.39 is 0 Å². The first-order valence-corrected chi connectivity index (χ1v) is 10.5. The highest BCUT2D eigenvalue weighted by molar-refractivity contribution is 6.06. The Hall–Kier alpha value is -4.65. The molecule has 3 aromatic carbocycles. The van der Waals surface area contributed by atoms with E-state index in [4.69, 9.17) is 5.73 Å². The van der Waals surface area contributed by atoms with Gasteiger partial charge in [0.2, 0.25) is 0 Å². The molecule has 0 aliphatic heterocycles. The van der Waals surface area contributed by atoms with Crippen molar-refractivity contribution < 1.29 is 4.79 Å². The molecule has 0 bridgehead atoms. The minimum atomic E-state index is -0.257. The maximum Gasteiger partial charge on any atom is 0.327 e. The van der Waals surface area contributed by atoms with E-state index in [1.165, 1.54) is 0 Å². The molecule has 0 fully saturated rings. The van der Waals surface area contributed by atoms with Crippen molar-refractivity contribution in [1.29, 1.82) is 0 Å². The van der Waals surface area contributed by atoms with Gasteiger partial charge < -0.3 is 11.1 Å². The molecule has 7 nitrogen and oxygen atoms in total. The highest BCUT2D eigenvalue weighted by atomic mass is 16.2. The molecular formula is C26H21N5O2. The number of imidazole rings is 1. The van der Waals surface area contributed by atoms with Gasteiger partial charge in [-0.25, -0.2) is 9.78 Å². The Kier molecular flexibility index (Phi) is 5.20. The molecule has 33 heavy (non-hydrogen) atoms. The number of nitrogens with one attached hydrogen (secondary N) is 2. The molecule has 0 spiro atoms. The molecule has 0 atom stereocenters. The molecule has 2 heterocycles. The molecule has 0 aliphatic rings. The van der Waals surface area contributed by atoms with Gasteiger partial charge in [-0.2, -0.15) is 0 Å². The van der Waals surface area contributed by atoms with Crippen molar-refractivity contribution in [1.82, 2.24) is 14.5 Å². The van der Waals surface area contributed by atoms with E-state index in [1.54, 1.807) is 35.0 Å². The van der Waals surface area contributed by atoms with E-state index in [9.17, 15) is 9.59 Å². The van der Waals surface area contributed by atoms with Gasteiger partial charge in [-0.1, -0.05) is 48.5 Å². The van der Waals surface area contributed by atoms with Crippen LogP contribution in [0.1, 0.15) is 15.9 Å². The molecule has 7 heteroatoms. The number of nitrogens with zero attached hydrogens (tertiary/aromatic N) is 2. The van der Waals surface area contributed by atoms with Crippen LogP contribution in [-0.2, 0) is 6.54 Å². The lowest BCUT2D eigenvalue weighted by atomic mass is 10.0. The van der Waals surface area contributed by atoms with E-state index in [0.29, 0.717) is 29.1 Å². The molecule has 5 rings (SSSR count). The standard InChI is InChI=1S/C26H21N5O2/c27-21-13-12-20(18-5-2-1-3-6-18)15-22(21)29-25(32)19-10-8-17(9-11-19)16-31-23-7-4-14-28-24(23)30-26(31)33/h1-15H,16,27H2,(H,29,32)(H,28,30,33). The molecule has 0 saturated heterocycles. The number of anilines is 2. The summed E-state index contributed by atoms with van der Waals surface area (Å²) in [5.41, 5.74) is 11.6. The maximum atomic E-state index is 12.8. The number of hydrogen-bond donors (Lipinski definition) is 3. The van der Waals surface area contributed by atoms with Crippen molar-refractivity contribution in [3.63, 3.8) is 0 Å². The van der Waals surface area contributed by atoms with Gasteiger partial charge in [0.1, 0.15) is 0 Å². The average molecular weight is 435 g/mol. The molecule has 162 valence electrons. The Balaban J connectivity index is 1.34. The first kappa shape index (κ1) is 20.3. The Morgan fingerprint density at radius 3 is 2.52 bits per heavy atom. The van der Waals surface area contributed by atoms with Gasteiger partial charge in [0.05, 0.1) is 23.4 Å². The van der Waals surface area contributed by atoms with Crippen LogP contribution in [0.2, 0.25) is 0 Å². The van der Waals surface area contributed by atoms with Crippen LogP contribution in [0.25, 0.3) is 22.3 Å². The number of carbonyl (C=O) groups is 1. The predicted molar refractivity (Wildman–Crippen MR) is 130 cm³/mol. The van der Waals surface area contributed by atoms with Crippen molar-refractivity contribution in [2.75, 3.05) is 11.1 Å². The summed E-state index contributed by atoms with van der Waals surface area (Å²) < 4.78 is 1.62. The van der Waals surface area contributed by atoms with Crippen LogP contribution < -0.4 is 16.7 Å². The second-order valence-electron chi connectivity index (χ2n) is 7.71. The van der Waals surface area contributed by atoms with Crippen molar-refractivity contribution in [3.05, 3.63) is 113 Å². The summed E-state index contributed by atoms with van der Waals surface area (Å²) in [7, 11) is 0. The number of amides is 1. The highest BCUT2D eigenvalue weighted by Gasteiger charge is 2.11. The van der Waals surface area contributed by atoms with Gasteiger partial charge >= 0.3 is 5.69 Å². The van der Waals surface area contributed by atoms with Crippen LogP contribution in [0.15, 0.2) is 95.9 Å². The number of benzene rings is 3. The SMILES string of the molecule is Nc1ccc(-c2ccccc2)cc1NC(=O)c1ccc(Cn2c(=O)[nH]c3ncccc32)cc1. The smallest absolute Gasteiger partial charge is 0.327 e. The van der Waals surface area contributed by atoms with E-state index >= 15 is 0 Å². The van der Waals surface area contributed by atoms with Crippen LogP contribution in [0.4, 0.5) is 11.4 Å². The fourth-order valence-corrected chi connectivity index (χ4v) is 3.76. The van der Waals surface area contributed by atoms with Crippen LogP contribution >= 0.6 is 0 Å². The molecular weight excluding hydrogens is 414 g/mol. The highest BCUT2D eigenvalue weighted by Crippen LogP contribution is 2.27. The van der Waals surface area contributed by atoms with Crippen LogP contribution in [-0.4, -0.2) is 20.4 Å². The van der Waals surface area contributed by atoms with Crippen molar-refractivity contribution >= 4 is 28.4 Å². The first-order chi connectivity index (χ1) is 16.1. The third-order valence-electron chi connectivity index (χ3n) is 5.51. The topological polar surface area (TPSA) is 106 Å². The zero-order valence-electron chi connectivity index (χ0n) is 17.7. The van der Waals surface area contributed by atoms with Gasteiger partial charge in [0.15, 0.2) is 5.65 Å².